The molecule has 1 aliphatic heterocycles. The van der Waals surface area contributed by atoms with Crippen molar-refractivity contribution in [1.29, 1.82) is 0 Å². The second-order valence-electron chi connectivity index (χ2n) is 7.60. The first-order valence-corrected chi connectivity index (χ1v) is 11.3. The summed E-state index contributed by atoms with van der Waals surface area (Å²) in [4.78, 5) is 22.7. The Kier molecular flexibility index (Phi) is 5.26. The van der Waals surface area contributed by atoms with Crippen molar-refractivity contribution in [3.8, 4) is 0 Å². The predicted octanol–water partition coefficient (Wildman–Crippen LogP) is 4.48. The number of imidazole rings is 1. The molecule has 0 radical (unpaired) electrons. The van der Waals surface area contributed by atoms with E-state index in [-0.39, 0.29) is 11.7 Å². The van der Waals surface area contributed by atoms with Crippen molar-refractivity contribution in [2.45, 2.75) is 43.3 Å². The summed E-state index contributed by atoms with van der Waals surface area (Å²) in [7, 11) is 0. The standard InChI is InChI=1S/C22H21ClN4O2S/c1-14-4-7-20-24-16(11-26(20)10-14)13-30-22-25-19-9-15(23)5-6-18(19)21(28)27(22)12-17-3-2-8-29-17/h4-7,9-11,17H,2-3,8,12-13H2,1H3/t17-/m1/s1. The molecule has 3 aromatic heterocycles. The van der Waals surface area contributed by atoms with Gasteiger partial charge in [0.25, 0.3) is 5.56 Å². The lowest BCUT2D eigenvalue weighted by Crippen LogP contribution is -2.28. The molecule has 0 aliphatic carbocycles. The lowest BCUT2D eigenvalue weighted by molar-refractivity contribution is 0.0937. The molecule has 0 spiro atoms. The zero-order chi connectivity index (χ0) is 20.7. The number of halogens is 1. The van der Waals surface area contributed by atoms with Crippen LogP contribution in [0, 0.1) is 6.92 Å². The largest absolute Gasteiger partial charge is 0.376 e. The van der Waals surface area contributed by atoms with E-state index < -0.39 is 0 Å². The minimum atomic E-state index is -0.0553. The second-order valence-corrected chi connectivity index (χ2v) is 8.98. The van der Waals surface area contributed by atoms with Gasteiger partial charge < -0.3 is 9.14 Å². The molecule has 1 aliphatic rings. The monoisotopic (exact) mass is 440 g/mol. The van der Waals surface area contributed by atoms with E-state index in [9.17, 15) is 4.79 Å². The lowest BCUT2D eigenvalue weighted by atomic mass is 10.2. The molecule has 0 amide bonds. The van der Waals surface area contributed by atoms with Crippen LogP contribution >= 0.6 is 23.4 Å². The number of hydrogen-bond acceptors (Lipinski definition) is 5. The van der Waals surface area contributed by atoms with Gasteiger partial charge in [0.2, 0.25) is 0 Å². The summed E-state index contributed by atoms with van der Waals surface area (Å²) < 4.78 is 9.55. The second kappa shape index (κ2) is 8.06. The van der Waals surface area contributed by atoms with Crippen molar-refractivity contribution in [2.75, 3.05) is 6.61 Å². The smallest absolute Gasteiger partial charge is 0.262 e. The highest BCUT2D eigenvalue weighted by Gasteiger charge is 2.20. The number of benzene rings is 1. The van der Waals surface area contributed by atoms with Gasteiger partial charge in [-0.15, -0.1) is 0 Å². The van der Waals surface area contributed by atoms with Crippen LogP contribution in [-0.4, -0.2) is 31.6 Å². The molecule has 0 unspecified atom stereocenters. The molecular weight excluding hydrogens is 420 g/mol. The van der Waals surface area contributed by atoms with Gasteiger partial charge >= 0.3 is 0 Å². The summed E-state index contributed by atoms with van der Waals surface area (Å²) in [5.74, 6) is 0.616. The van der Waals surface area contributed by atoms with E-state index in [1.54, 1.807) is 22.8 Å². The minimum absolute atomic E-state index is 0.0479. The van der Waals surface area contributed by atoms with Crippen LogP contribution in [0.1, 0.15) is 24.1 Å². The molecule has 0 bridgehead atoms. The van der Waals surface area contributed by atoms with Crippen LogP contribution in [0.15, 0.2) is 52.7 Å². The first kappa shape index (κ1) is 19.6. The molecule has 30 heavy (non-hydrogen) atoms. The Balaban J connectivity index is 1.50. The van der Waals surface area contributed by atoms with Crippen LogP contribution in [0.2, 0.25) is 5.02 Å². The fourth-order valence-corrected chi connectivity index (χ4v) is 4.86. The molecule has 154 valence electrons. The quantitative estimate of drug-likeness (QED) is 0.338. The third-order valence-corrected chi connectivity index (χ3v) is 6.54. The third kappa shape index (κ3) is 3.85. The van der Waals surface area contributed by atoms with E-state index in [1.165, 1.54) is 17.3 Å². The number of rotatable bonds is 5. The Morgan fingerprint density at radius 3 is 2.97 bits per heavy atom. The average Bonchev–Trinajstić information content (AvgIpc) is 3.37. The SMILES string of the molecule is Cc1ccc2nc(CSc3nc4cc(Cl)ccc4c(=O)n3C[C@H]3CCCO3)cn2c1. The van der Waals surface area contributed by atoms with Gasteiger partial charge in [0.15, 0.2) is 5.16 Å². The maximum atomic E-state index is 13.2. The van der Waals surface area contributed by atoms with Crippen LogP contribution in [0.25, 0.3) is 16.6 Å². The lowest BCUT2D eigenvalue weighted by Gasteiger charge is -2.16. The molecule has 6 nitrogen and oxygen atoms in total. The average molecular weight is 441 g/mol. The number of thioether (sulfide) groups is 1. The zero-order valence-corrected chi connectivity index (χ0v) is 18.1. The number of hydrogen-bond donors (Lipinski definition) is 0. The van der Waals surface area contributed by atoms with Crippen LogP contribution in [0.3, 0.4) is 0 Å². The maximum absolute atomic E-state index is 13.2. The van der Waals surface area contributed by atoms with Gasteiger partial charge in [-0.05, 0) is 49.6 Å². The Bertz CT molecular complexity index is 1290. The highest BCUT2D eigenvalue weighted by molar-refractivity contribution is 7.98. The van der Waals surface area contributed by atoms with Gasteiger partial charge in [-0.25, -0.2) is 9.97 Å². The molecule has 1 aromatic carbocycles. The summed E-state index contributed by atoms with van der Waals surface area (Å²) in [6, 6.07) is 9.28. The molecule has 0 saturated carbocycles. The zero-order valence-electron chi connectivity index (χ0n) is 16.5. The highest BCUT2D eigenvalue weighted by Crippen LogP contribution is 2.25. The van der Waals surface area contributed by atoms with E-state index in [1.807, 2.05) is 22.7 Å². The number of nitrogens with zero attached hydrogens (tertiary/aromatic N) is 4. The summed E-state index contributed by atoms with van der Waals surface area (Å²) in [5, 5.41) is 1.81. The molecule has 4 aromatic rings. The Hall–Kier alpha value is -2.35. The summed E-state index contributed by atoms with van der Waals surface area (Å²) >= 11 is 7.66. The third-order valence-electron chi connectivity index (χ3n) is 5.29. The molecule has 4 heterocycles. The molecule has 0 N–H and O–H groups in total. The fraction of sp³-hybridized carbons (Fsp3) is 0.318. The summed E-state index contributed by atoms with van der Waals surface area (Å²) in [6.07, 6.45) is 6.11. The predicted molar refractivity (Wildman–Crippen MR) is 119 cm³/mol. The van der Waals surface area contributed by atoms with E-state index in [2.05, 4.69) is 18.1 Å². The number of fused-ring (bicyclic) bond motifs is 2. The first-order valence-electron chi connectivity index (χ1n) is 9.95. The van der Waals surface area contributed by atoms with Crippen LogP contribution in [0.4, 0.5) is 0 Å². The number of aryl methyl sites for hydroxylation is 1. The van der Waals surface area contributed by atoms with Crippen molar-refractivity contribution in [1.82, 2.24) is 18.9 Å². The van der Waals surface area contributed by atoms with Crippen molar-refractivity contribution in [2.24, 2.45) is 0 Å². The molecule has 8 heteroatoms. The minimum Gasteiger partial charge on any atom is -0.376 e. The number of ether oxygens (including phenoxy) is 1. The van der Waals surface area contributed by atoms with E-state index in [0.717, 1.165) is 30.8 Å². The van der Waals surface area contributed by atoms with E-state index >= 15 is 0 Å². The van der Waals surface area contributed by atoms with Crippen molar-refractivity contribution < 1.29 is 4.74 Å². The fourth-order valence-electron chi connectivity index (χ4n) is 3.80. The topological polar surface area (TPSA) is 61.4 Å². The molecule has 5 rings (SSSR count). The Labute approximate surface area is 182 Å². The van der Waals surface area contributed by atoms with Crippen LogP contribution in [-0.2, 0) is 17.0 Å². The molecular formula is C22H21ClN4O2S. The van der Waals surface area contributed by atoms with Gasteiger partial charge in [0.1, 0.15) is 5.65 Å². The van der Waals surface area contributed by atoms with Crippen molar-refractivity contribution in [3.63, 3.8) is 0 Å². The number of pyridine rings is 1. The van der Waals surface area contributed by atoms with Gasteiger partial charge in [0, 0.05) is 29.8 Å². The Morgan fingerprint density at radius 2 is 2.13 bits per heavy atom. The normalized spacial score (nSPS) is 16.7. The first-order chi connectivity index (χ1) is 14.6. The van der Waals surface area contributed by atoms with Crippen LogP contribution in [0.5, 0.6) is 0 Å². The van der Waals surface area contributed by atoms with E-state index in [0.29, 0.717) is 33.4 Å². The Morgan fingerprint density at radius 1 is 1.23 bits per heavy atom. The maximum Gasteiger partial charge on any atom is 0.262 e. The molecule has 1 atom stereocenters. The molecule has 1 fully saturated rings. The highest BCUT2D eigenvalue weighted by atomic mass is 35.5. The van der Waals surface area contributed by atoms with Crippen molar-refractivity contribution in [3.05, 3.63) is 69.4 Å². The summed E-state index contributed by atoms with van der Waals surface area (Å²) in [5.41, 5.74) is 3.59. The van der Waals surface area contributed by atoms with Crippen molar-refractivity contribution >= 4 is 39.9 Å². The van der Waals surface area contributed by atoms with Crippen LogP contribution < -0.4 is 5.56 Å². The molecule has 1 saturated heterocycles. The van der Waals surface area contributed by atoms with E-state index in [4.69, 9.17) is 21.3 Å². The van der Waals surface area contributed by atoms with Gasteiger partial charge in [-0.2, -0.15) is 0 Å². The van der Waals surface area contributed by atoms with Gasteiger partial charge in [-0.3, -0.25) is 9.36 Å². The summed E-state index contributed by atoms with van der Waals surface area (Å²) in [6.45, 7) is 3.32. The number of aromatic nitrogens is 4. The van der Waals surface area contributed by atoms with Gasteiger partial charge in [-0.1, -0.05) is 29.4 Å². The van der Waals surface area contributed by atoms with Gasteiger partial charge in [0.05, 0.1) is 29.2 Å².